The van der Waals surface area contributed by atoms with Crippen LogP contribution in [0.15, 0.2) is 12.1 Å². The first-order valence-electron chi connectivity index (χ1n) is 5.26. The highest BCUT2D eigenvalue weighted by Gasteiger charge is 2.11. The molecule has 1 aromatic heterocycles. The molecule has 5 heteroatoms. The number of nitrogens with zero attached hydrogens (tertiary/aromatic N) is 2. The normalized spacial score (nSPS) is 10.9. The van der Waals surface area contributed by atoms with Gasteiger partial charge in [0.05, 0.1) is 6.54 Å². The first-order valence-corrected chi connectivity index (χ1v) is 5.26. The number of halogens is 2. The van der Waals surface area contributed by atoms with Crippen LogP contribution in [0.4, 0.5) is 14.6 Å². The number of pyridine rings is 1. The number of hydrogen-bond donors (Lipinski definition) is 1. The van der Waals surface area contributed by atoms with Crippen LogP contribution in [-0.2, 0) is 13.0 Å². The highest BCUT2D eigenvalue weighted by molar-refractivity contribution is 5.42. The molecule has 16 heavy (non-hydrogen) atoms. The monoisotopic (exact) mass is 229 g/mol. The van der Waals surface area contributed by atoms with Crippen LogP contribution < -0.4 is 10.6 Å². The minimum atomic E-state index is -2.36. The van der Waals surface area contributed by atoms with Crippen molar-refractivity contribution in [2.24, 2.45) is 5.73 Å². The van der Waals surface area contributed by atoms with Crippen molar-refractivity contribution in [3.05, 3.63) is 23.4 Å². The number of hydrogen-bond acceptors (Lipinski definition) is 3. The quantitative estimate of drug-likeness (QED) is 0.837. The summed E-state index contributed by atoms with van der Waals surface area (Å²) < 4.78 is 24.5. The van der Waals surface area contributed by atoms with Crippen molar-refractivity contribution in [3.8, 4) is 0 Å². The van der Waals surface area contributed by atoms with E-state index in [1.165, 1.54) is 4.90 Å². The summed E-state index contributed by atoms with van der Waals surface area (Å²) in [7, 11) is 1.61. The molecule has 0 aliphatic rings. The van der Waals surface area contributed by atoms with Gasteiger partial charge < -0.3 is 10.6 Å². The summed E-state index contributed by atoms with van der Waals surface area (Å²) in [4.78, 5) is 5.74. The molecule has 0 bridgehead atoms. The van der Waals surface area contributed by atoms with E-state index in [9.17, 15) is 8.78 Å². The fourth-order valence-electron chi connectivity index (χ4n) is 1.43. The number of rotatable bonds is 5. The van der Waals surface area contributed by atoms with E-state index in [0.717, 1.165) is 17.7 Å². The molecule has 3 nitrogen and oxygen atoms in total. The van der Waals surface area contributed by atoms with Gasteiger partial charge in [0.2, 0.25) is 0 Å². The van der Waals surface area contributed by atoms with Gasteiger partial charge in [-0.25, -0.2) is 13.8 Å². The minimum Gasteiger partial charge on any atom is -0.354 e. The summed E-state index contributed by atoms with van der Waals surface area (Å²) in [5.74, 6) is 0.556. The third kappa shape index (κ3) is 3.41. The van der Waals surface area contributed by atoms with E-state index in [1.54, 1.807) is 13.1 Å². The Bertz CT molecular complexity index is 320. The number of anilines is 1. The van der Waals surface area contributed by atoms with Gasteiger partial charge in [0.25, 0.3) is 6.43 Å². The molecular weight excluding hydrogens is 212 g/mol. The Kier molecular flexibility index (Phi) is 4.61. The lowest BCUT2D eigenvalue weighted by molar-refractivity contribution is 0.156. The lowest BCUT2D eigenvalue weighted by Crippen LogP contribution is -2.25. The Morgan fingerprint density at radius 1 is 1.44 bits per heavy atom. The number of alkyl halides is 2. The Hall–Kier alpha value is -1.23. The van der Waals surface area contributed by atoms with Gasteiger partial charge in [-0.1, -0.05) is 6.92 Å². The molecule has 1 rings (SSSR count). The maximum atomic E-state index is 12.2. The summed E-state index contributed by atoms with van der Waals surface area (Å²) in [6, 6.07) is 3.65. The van der Waals surface area contributed by atoms with E-state index in [-0.39, 0.29) is 6.54 Å². The van der Waals surface area contributed by atoms with Crippen molar-refractivity contribution in [3.63, 3.8) is 0 Å². The van der Waals surface area contributed by atoms with Crippen molar-refractivity contribution in [2.75, 3.05) is 18.5 Å². The fourth-order valence-corrected chi connectivity index (χ4v) is 1.43. The second-order valence-electron chi connectivity index (χ2n) is 3.65. The predicted molar refractivity (Wildman–Crippen MR) is 60.8 cm³/mol. The van der Waals surface area contributed by atoms with E-state index in [4.69, 9.17) is 5.73 Å². The van der Waals surface area contributed by atoms with Crippen molar-refractivity contribution >= 4 is 5.82 Å². The average molecular weight is 229 g/mol. The van der Waals surface area contributed by atoms with Crippen LogP contribution in [0.2, 0.25) is 0 Å². The van der Waals surface area contributed by atoms with Crippen LogP contribution in [-0.4, -0.2) is 25.0 Å². The lowest BCUT2D eigenvalue weighted by Gasteiger charge is -2.19. The summed E-state index contributed by atoms with van der Waals surface area (Å²) in [5.41, 5.74) is 7.34. The second kappa shape index (κ2) is 5.75. The standard InChI is InChI=1S/C11H17F2N3/c1-3-9-4-8(6-14)5-11(15-9)16(2)7-10(12)13/h4-5,10H,3,6-7,14H2,1-2H3. The van der Waals surface area contributed by atoms with Gasteiger partial charge in [0.1, 0.15) is 5.82 Å². The maximum absolute atomic E-state index is 12.2. The summed E-state index contributed by atoms with van der Waals surface area (Å²) in [6.07, 6.45) is -1.60. The Morgan fingerprint density at radius 2 is 2.12 bits per heavy atom. The van der Waals surface area contributed by atoms with E-state index >= 15 is 0 Å². The molecule has 0 amide bonds. The van der Waals surface area contributed by atoms with Crippen molar-refractivity contribution in [1.29, 1.82) is 0 Å². The Morgan fingerprint density at radius 3 is 2.62 bits per heavy atom. The maximum Gasteiger partial charge on any atom is 0.255 e. The Labute approximate surface area is 94.3 Å². The molecule has 0 aliphatic carbocycles. The lowest BCUT2D eigenvalue weighted by atomic mass is 10.2. The SMILES string of the molecule is CCc1cc(CN)cc(N(C)CC(F)F)n1. The summed E-state index contributed by atoms with van der Waals surface area (Å²) in [5, 5.41) is 0. The van der Waals surface area contributed by atoms with Gasteiger partial charge in [0, 0.05) is 19.3 Å². The molecule has 0 aromatic carbocycles. The Balaban J connectivity index is 2.93. The van der Waals surface area contributed by atoms with Gasteiger partial charge in [-0.05, 0) is 24.1 Å². The van der Waals surface area contributed by atoms with Crippen molar-refractivity contribution in [1.82, 2.24) is 4.98 Å². The zero-order chi connectivity index (χ0) is 12.1. The molecule has 0 saturated carbocycles. The number of nitrogens with two attached hydrogens (primary N) is 1. The van der Waals surface area contributed by atoms with Crippen LogP contribution in [0.3, 0.4) is 0 Å². The third-order valence-electron chi connectivity index (χ3n) is 2.33. The van der Waals surface area contributed by atoms with E-state index < -0.39 is 6.43 Å². The molecule has 2 N–H and O–H groups in total. The summed E-state index contributed by atoms with van der Waals surface area (Å²) in [6.45, 7) is 2.05. The highest BCUT2D eigenvalue weighted by atomic mass is 19.3. The molecule has 1 aromatic rings. The smallest absolute Gasteiger partial charge is 0.255 e. The molecule has 0 atom stereocenters. The van der Waals surface area contributed by atoms with Gasteiger partial charge in [0.15, 0.2) is 0 Å². The topological polar surface area (TPSA) is 42.1 Å². The molecule has 90 valence electrons. The van der Waals surface area contributed by atoms with Gasteiger partial charge in [-0.3, -0.25) is 0 Å². The van der Waals surface area contributed by atoms with Crippen LogP contribution in [0.5, 0.6) is 0 Å². The molecule has 0 spiro atoms. The van der Waals surface area contributed by atoms with Crippen LogP contribution in [0.1, 0.15) is 18.2 Å². The van der Waals surface area contributed by atoms with Crippen LogP contribution in [0, 0.1) is 0 Å². The first kappa shape index (κ1) is 12.8. The largest absolute Gasteiger partial charge is 0.354 e. The van der Waals surface area contributed by atoms with Crippen molar-refractivity contribution < 1.29 is 8.78 Å². The molecule has 0 aliphatic heterocycles. The van der Waals surface area contributed by atoms with Gasteiger partial charge in [-0.2, -0.15) is 0 Å². The average Bonchev–Trinajstić information content (AvgIpc) is 2.27. The van der Waals surface area contributed by atoms with Crippen molar-refractivity contribution in [2.45, 2.75) is 26.3 Å². The molecule has 1 heterocycles. The fraction of sp³-hybridized carbons (Fsp3) is 0.545. The zero-order valence-corrected chi connectivity index (χ0v) is 9.58. The van der Waals surface area contributed by atoms with E-state index in [0.29, 0.717) is 12.4 Å². The zero-order valence-electron chi connectivity index (χ0n) is 9.58. The molecular formula is C11H17F2N3. The minimum absolute atomic E-state index is 0.315. The summed E-state index contributed by atoms with van der Waals surface area (Å²) >= 11 is 0. The number of aromatic nitrogens is 1. The van der Waals surface area contributed by atoms with Gasteiger partial charge >= 0.3 is 0 Å². The highest BCUT2D eigenvalue weighted by Crippen LogP contribution is 2.15. The van der Waals surface area contributed by atoms with E-state index in [1.807, 2.05) is 13.0 Å². The third-order valence-corrected chi connectivity index (χ3v) is 2.33. The van der Waals surface area contributed by atoms with Crippen LogP contribution >= 0.6 is 0 Å². The van der Waals surface area contributed by atoms with E-state index in [2.05, 4.69) is 4.98 Å². The molecule has 0 fully saturated rings. The molecule has 0 saturated heterocycles. The number of aryl methyl sites for hydroxylation is 1. The molecule has 0 unspecified atom stereocenters. The predicted octanol–water partition coefficient (Wildman–Crippen LogP) is 1.80. The molecule has 0 radical (unpaired) electrons. The van der Waals surface area contributed by atoms with Gasteiger partial charge in [-0.15, -0.1) is 0 Å². The second-order valence-corrected chi connectivity index (χ2v) is 3.65. The first-order chi connectivity index (χ1) is 7.56. The van der Waals surface area contributed by atoms with Crippen LogP contribution in [0.25, 0.3) is 0 Å².